The predicted molar refractivity (Wildman–Crippen MR) is 158 cm³/mol. The highest BCUT2D eigenvalue weighted by molar-refractivity contribution is 7.90. The lowest BCUT2D eigenvalue weighted by Crippen LogP contribution is -2.37. The van der Waals surface area contributed by atoms with Crippen LogP contribution in [0, 0.1) is 12.7 Å². The molecule has 12 heteroatoms. The van der Waals surface area contributed by atoms with Gasteiger partial charge in [0, 0.05) is 41.7 Å². The molecule has 8 nitrogen and oxygen atoms in total. The van der Waals surface area contributed by atoms with Crippen LogP contribution in [0.4, 0.5) is 10.1 Å². The Balaban J connectivity index is 1.59. The van der Waals surface area contributed by atoms with E-state index in [0.717, 1.165) is 39.9 Å². The van der Waals surface area contributed by atoms with Gasteiger partial charge in [0.2, 0.25) is 0 Å². The van der Waals surface area contributed by atoms with Gasteiger partial charge in [0.25, 0.3) is 10.0 Å². The van der Waals surface area contributed by atoms with Crippen molar-refractivity contribution < 1.29 is 22.3 Å². The van der Waals surface area contributed by atoms with Crippen LogP contribution >= 0.6 is 22.9 Å². The van der Waals surface area contributed by atoms with E-state index in [4.69, 9.17) is 26.8 Å². The van der Waals surface area contributed by atoms with Crippen LogP contribution < -0.4 is 5.73 Å². The van der Waals surface area contributed by atoms with Crippen molar-refractivity contribution in [2.24, 2.45) is 0 Å². The SMILES string of the molecule is COCOC1(c2ncc(-c3c(Cl)cnc4c3cc(-c3ccc(N)cc3F)n4S(=O)(=O)c3ccc(C)cc3)s2)CCC1. The van der Waals surface area contributed by atoms with Gasteiger partial charge in [-0.25, -0.2) is 26.7 Å². The first-order chi connectivity index (χ1) is 19.6. The summed E-state index contributed by atoms with van der Waals surface area (Å²) in [7, 11) is -2.64. The van der Waals surface area contributed by atoms with Gasteiger partial charge in [-0.15, -0.1) is 11.3 Å². The number of pyridine rings is 1. The molecule has 0 spiro atoms. The van der Waals surface area contributed by atoms with E-state index in [1.807, 2.05) is 6.92 Å². The Morgan fingerprint density at radius 2 is 1.88 bits per heavy atom. The summed E-state index contributed by atoms with van der Waals surface area (Å²) in [4.78, 5) is 9.85. The van der Waals surface area contributed by atoms with Crippen molar-refractivity contribution in [3.63, 3.8) is 0 Å². The molecule has 0 amide bonds. The van der Waals surface area contributed by atoms with Crippen molar-refractivity contribution in [1.29, 1.82) is 0 Å². The Morgan fingerprint density at radius 3 is 2.54 bits per heavy atom. The normalized spacial score (nSPS) is 14.8. The molecule has 0 atom stereocenters. The second-order valence-electron chi connectivity index (χ2n) is 10.00. The zero-order valence-electron chi connectivity index (χ0n) is 22.2. The van der Waals surface area contributed by atoms with Crippen LogP contribution in [0.3, 0.4) is 0 Å². The summed E-state index contributed by atoms with van der Waals surface area (Å²) in [6.45, 7) is 2.01. The summed E-state index contributed by atoms with van der Waals surface area (Å²) >= 11 is 8.13. The number of thiazole rings is 1. The zero-order chi connectivity index (χ0) is 28.9. The topological polar surface area (TPSA) is 109 Å². The number of aromatic nitrogens is 3. The molecule has 0 aliphatic heterocycles. The van der Waals surface area contributed by atoms with Crippen molar-refractivity contribution in [3.8, 4) is 21.7 Å². The van der Waals surface area contributed by atoms with E-state index >= 15 is 4.39 Å². The molecule has 0 unspecified atom stereocenters. The molecule has 0 bridgehead atoms. The fraction of sp³-hybridized carbons (Fsp3) is 0.241. The molecule has 212 valence electrons. The summed E-state index contributed by atoms with van der Waals surface area (Å²) < 4.78 is 55.8. The molecule has 1 saturated carbocycles. The third-order valence-corrected chi connectivity index (χ3v) is 10.5. The van der Waals surface area contributed by atoms with Gasteiger partial charge in [0.15, 0.2) is 5.65 Å². The van der Waals surface area contributed by atoms with Gasteiger partial charge in [0.1, 0.15) is 23.2 Å². The van der Waals surface area contributed by atoms with Crippen LogP contribution in [-0.2, 0) is 25.1 Å². The molecule has 0 saturated heterocycles. The lowest BCUT2D eigenvalue weighted by molar-refractivity contribution is -0.171. The second-order valence-corrected chi connectivity index (χ2v) is 13.2. The monoisotopic (exact) mass is 612 g/mol. The molecule has 1 fully saturated rings. The van der Waals surface area contributed by atoms with E-state index in [1.54, 1.807) is 31.5 Å². The molecule has 1 aliphatic carbocycles. The minimum Gasteiger partial charge on any atom is -0.399 e. The number of nitrogen functional groups attached to an aromatic ring is 1. The van der Waals surface area contributed by atoms with Gasteiger partial charge in [-0.3, -0.25) is 0 Å². The maximum atomic E-state index is 15.3. The van der Waals surface area contributed by atoms with Crippen molar-refractivity contribution in [3.05, 3.63) is 82.3 Å². The number of fused-ring (bicyclic) bond motifs is 1. The number of anilines is 1. The first-order valence-corrected chi connectivity index (χ1v) is 15.5. The summed E-state index contributed by atoms with van der Waals surface area (Å²) in [6, 6.07) is 12.2. The number of hydrogen-bond acceptors (Lipinski definition) is 8. The number of halogens is 2. The fourth-order valence-electron chi connectivity index (χ4n) is 5.03. The minimum atomic E-state index is -4.21. The minimum absolute atomic E-state index is 0.0401. The van der Waals surface area contributed by atoms with E-state index in [1.165, 1.54) is 41.8 Å². The average Bonchev–Trinajstić information content (AvgIpc) is 3.54. The van der Waals surface area contributed by atoms with Crippen LogP contribution in [0.5, 0.6) is 0 Å². The molecular formula is C29H26ClFN4O4S2. The van der Waals surface area contributed by atoms with Crippen LogP contribution in [0.1, 0.15) is 29.8 Å². The Hall–Kier alpha value is -3.35. The highest BCUT2D eigenvalue weighted by atomic mass is 35.5. The Labute approximate surface area is 245 Å². The number of nitrogens with zero attached hydrogens (tertiary/aromatic N) is 3. The first kappa shape index (κ1) is 27.8. The summed E-state index contributed by atoms with van der Waals surface area (Å²) in [5.74, 6) is -0.664. The lowest BCUT2D eigenvalue weighted by atomic mass is 9.80. The van der Waals surface area contributed by atoms with E-state index in [-0.39, 0.29) is 34.3 Å². The van der Waals surface area contributed by atoms with Gasteiger partial charge < -0.3 is 15.2 Å². The number of aryl methyl sites for hydroxylation is 1. The van der Waals surface area contributed by atoms with Crippen molar-refractivity contribution in [2.75, 3.05) is 19.6 Å². The van der Waals surface area contributed by atoms with Gasteiger partial charge in [-0.05, 0) is 62.6 Å². The summed E-state index contributed by atoms with van der Waals surface area (Å²) in [5.41, 5.74) is 7.20. The van der Waals surface area contributed by atoms with Gasteiger partial charge in [-0.1, -0.05) is 29.3 Å². The smallest absolute Gasteiger partial charge is 0.269 e. The number of ether oxygens (including phenoxy) is 2. The van der Waals surface area contributed by atoms with Gasteiger partial charge in [-0.2, -0.15) is 0 Å². The molecule has 6 rings (SSSR count). The molecule has 3 aromatic heterocycles. The van der Waals surface area contributed by atoms with E-state index in [0.29, 0.717) is 20.8 Å². The average molecular weight is 613 g/mol. The maximum absolute atomic E-state index is 15.3. The zero-order valence-corrected chi connectivity index (χ0v) is 24.6. The van der Waals surface area contributed by atoms with Crippen molar-refractivity contribution in [1.82, 2.24) is 13.9 Å². The van der Waals surface area contributed by atoms with Crippen LogP contribution in [-0.4, -0.2) is 36.3 Å². The molecule has 41 heavy (non-hydrogen) atoms. The molecular weight excluding hydrogens is 587 g/mol. The van der Waals surface area contributed by atoms with E-state index in [2.05, 4.69) is 9.97 Å². The van der Waals surface area contributed by atoms with Crippen LogP contribution in [0.15, 0.2) is 65.8 Å². The third-order valence-electron chi connectivity index (χ3n) is 7.33. The lowest BCUT2D eigenvalue weighted by Gasteiger charge is -2.39. The molecule has 3 heterocycles. The van der Waals surface area contributed by atoms with Crippen molar-refractivity contribution in [2.45, 2.75) is 36.7 Å². The van der Waals surface area contributed by atoms with Crippen LogP contribution in [0.25, 0.3) is 32.7 Å². The molecule has 2 aromatic carbocycles. The predicted octanol–water partition coefficient (Wildman–Crippen LogP) is 6.75. The summed E-state index contributed by atoms with van der Waals surface area (Å²) in [6.07, 6.45) is 5.74. The first-order valence-electron chi connectivity index (χ1n) is 12.8. The fourth-order valence-corrected chi connectivity index (χ4v) is 8.00. The largest absolute Gasteiger partial charge is 0.399 e. The summed E-state index contributed by atoms with van der Waals surface area (Å²) in [5, 5.41) is 1.53. The third kappa shape index (κ3) is 4.71. The van der Waals surface area contributed by atoms with Gasteiger partial charge >= 0.3 is 0 Å². The highest BCUT2D eigenvalue weighted by Crippen LogP contribution is 2.49. The Bertz CT molecular complexity index is 1880. The van der Waals surface area contributed by atoms with Crippen LogP contribution in [0.2, 0.25) is 5.02 Å². The standard InChI is InChI=1S/C29H26ClFN4O4S2/c1-17-4-7-19(8-5-17)41(36,37)35-24(20-9-6-18(32)12-23(20)31)13-21-26(22(30)14-33-27(21)35)25-15-34-28(40-25)29(10-3-11-29)39-16-38-2/h4-9,12-15H,3,10-11,16,32H2,1-2H3. The van der Waals surface area contributed by atoms with Crippen molar-refractivity contribution >= 4 is 49.7 Å². The number of benzene rings is 2. The number of nitrogens with two attached hydrogens (primary N) is 1. The number of methoxy groups -OCH3 is 1. The highest BCUT2D eigenvalue weighted by Gasteiger charge is 2.43. The molecule has 5 aromatic rings. The molecule has 2 N–H and O–H groups in total. The number of hydrogen-bond donors (Lipinski definition) is 1. The molecule has 0 radical (unpaired) electrons. The van der Waals surface area contributed by atoms with E-state index in [9.17, 15) is 8.42 Å². The Morgan fingerprint density at radius 1 is 1.12 bits per heavy atom. The number of rotatable bonds is 8. The quantitative estimate of drug-likeness (QED) is 0.152. The Kier molecular flexibility index (Phi) is 7.11. The molecule has 1 aliphatic rings. The maximum Gasteiger partial charge on any atom is 0.269 e. The van der Waals surface area contributed by atoms with E-state index < -0.39 is 21.4 Å². The second kappa shape index (κ2) is 10.5. The van der Waals surface area contributed by atoms with Gasteiger partial charge in [0.05, 0.1) is 20.5 Å².